The van der Waals surface area contributed by atoms with Crippen LogP contribution in [0.15, 0.2) is 27.5 Å². The van der Waals surface area contributed by atoms with Crippen molar-refractivity contribution in [2.24, 2.45) is 5.92 Å². The molecule has 0 amide bonds. The van der Waals surface area contributed by atoms with Gasteiger partial charge in [0.1, 0.15) is 6.26 Å². The van der Waals surface area contributed by atoms with Crippen molar-refractivity contribution in [1.82, 2.24) is 10.1 Å². The summed E-state index contributed by atoms with van der Waals surface area (Å²) < 4.78 is 10.1. The maximum Gasteiger partial charge on any atom is 0.307 e. The van der Waals surface area contributed by atoms with E-state index in [1.165, 1.54) is 12.5 Å². The third-order valence-electron chi connectivity index (χ3n) is 3.37. The molecule has 2 aromatic rings. The molecule has 18 heavy (non-hydrogen) atoms. The smallest absolute Gasteiger partial charge is 0.307 e. The summed E-state index contributed by atoms with van der Waals surface area (Å²) in [5.41, 5.74) is 0.731. The summed E-state index contributed by atoms with van der Waals surface area (Å²) in [5.74, 6) is -0.523. The summed E-state index contributed by atoms with van der Waals surface area (Å²) in [6, 6.07) is 1.73. The second-order valence-corrected chi connectivity index (χ2v) is 4.45. The average molecular weight is 248 g/mol. The van der Waals surface area contributed by atoms with Gasteiger partial charge in [0.25, 0.3) is 0 Å². The van der Waals surface area contributed by atoms with Crippen LogP contribution in [0, 0.1) is 5.92 Å². The van der Waals surface area contributed by atoms with Crippen LogP contribution in [0.5, 0.6) is 0 Å². The topological polar surface area (TPSA) is 89.4 Å². The Balaban J connectivity index is 1.87. The number of aromatic nitrogens is 2. The molecule has 3 rings (SSSR count). The van der Waals surface area contributed by atoms with Crippen LogP contribution in [0.4, 0.5) is 0 Å². The Hall–Kier alpha value is -2.11. The van der Waals surface area contributed by atoms with E-state index < -0.39 is 11.9 Å². The highest BCUT2D eigenvalue weighted by Gasteiger charge is 2.37. The first-order valence-corrected chi connectivity index (χ1v) is 5.84. The Morgan fingerprint density at radius 2 is 2.33 bits per heavy atom. The maximum atomic E-state index is 11.1. The zero-order valence-corrected chi connectivity index (χ0v) is 9.57. The van der Waals surface area contributed by atoms with Crippen LogP contribution in [0.25, 0.3) is 11.4 Å². The zero-order valence-electron chi connectivity index (χ0n) is 9.57. The summed E-state index contributed by atoms with van der Waals surface area (Å²) in [4.78, 5) is 15.4. The molecule has 6 heteroatoms. The number of carboxylic acid groups (broad SMARTS) is 1. The summed E-state index contributed by atoms with van der Waals surface area (Å²) >= 11 is 0. The molecule has 1 N–H and O–H groups in total. The molecule has 1 aliphatic carbocycles. The largest absolute Gasteiger partial charge is 0.481 e. The molecule has 0 spiro atoms. The fourth-order valence-electron chi connectivity index (χ4n) is 2.45. The fraction of sp³-hybridized carbons (Fsp3) is 0.417. The third-order valence-corrected chi connectivity index (χ3v) is 3.37. The molecule has 94 valence electrons. The van der Waals surface area contributed by atoms with Gasteiger partial charge in [-0.3, -0.25) is 4.79 Å². The van der Waals surface area contributed by atoms with Gasteiger partial charge in [0, 0.05) is 0 Å². The molecule has 1 aliphatic rings. The number of aliphatic carboxylic acids is 1. The molecule has 1 saturated carbocycles. The molecule has 0 bridgehead atoms. The quantitative estimate of drug-likeness (QED) is 0.896. The van der Waals surface area contributed by atoms with E-state index in [9.17, 15) is 4.79 Å². The minimum atomic E-state index is -0.791. The van der Waals surface area contributed by atoms with Gasteiger partial charge in [-0.15, -0.1) is 0 Å². The Morgan fingerprint density at radius 3 is 3.06 bits per heavy atom. The van der Waals surface area contributed by atoms with E-state index in [2.05, 4.69) is 10.1 Å². The van der Waals surface area contributed by atoms with Crippen LogP contribution in [-0.4, -0.2) is 21.2 Å². The van der Waals surface area contributed by atoms with Crippen molar-refractivity contribution < 1.29 is 18.8 Å². The van der Waals surface area contributed by atoms with Crippen LogP contribution in [-0.2, 0) is 4.79 Å². The molecule has 0 saturated heterocycles. The lowest BCUT2D eigenvalue weighted by molar-refractivity contribution is -0.142. The average Bonchev–Trinajstić information content (AvgIpc) is 3.10. The summed E-state index contributed by atoms with van der Waals surface area (Å²) in [5, 5.41) is 13.0. The van der Waals surface area contributed by atoms with E-state index in [4.69, 9.17) is 14.0 Å². The lowest BCUT2D eigenvalue weighted by atomic mass is 9.96. The van der Waals surface area contributed by atoms with E-state index in [1.807, 2.05) is 0 Å². The molecule has 0 aliphatic heterocycles. The highest BCUT2D eigenvalue weighted by atomic mass is 16.5. The van der Waals surface area contributed by atoms with Gasteiger partial charge in [-0.2, -0.15) is 4.98 Å². The van der Waals surface area contributed by atoms with Gasteiger partial charge in [-0.25, -0.2) is 0 Å². The first-order chi connectivity index (χ1) is 8.75. The summed E-state index contributed by atoms with van der Waals surface area (Å²) in [6.07, 6.45) is 5.39. The number of nitrogens with zero attached hydrogens (tertiary/aromatic N) is 2. The molecule has 0 radical (unpaired) electrons. The molecular weight excluding hydrogens is 236 g/mol. The van der Waals surface area contributed by atoms with Crippen molar-refractivity contribution in [3.63, 3.8) is 0 Å². The van der Waals surface area contributed by atoms with Crippen LogP contribution in [0.3, 0.4) is 0 Å². The molecule has 0 aromatic carbocycles. The van der Waals surface area contributed by atoms with Crippen LogP contribution in [0.2, 0.25) is 0 Å². The Bertz CT molecular complexity index is 546. The predicted octanol–water partition coefficient (Wildman–Crippen LogP) is 2.30. The highest BCUT2D eigenvalue weighted by molar-refractivity contribution is 5.71. The van der Waals surface area contributed by atoms with E-state index in [1.54, 1.807) is 6.07 Å². The molecule has 2 atom stereocenters. The van der Waals surface area contributed by atoms with Crippen LogP contribution in [0.1, 0.15) is 31.1 Å². The molecule has 2 heterocycles. The maximum absolute atomic E-state index is 11.1. The molecule has 2 aromatic heterocycles. The zero-order chi connectivity index (χ0) is 12.5. The van der Waals surface area contributed by atoms with Crippen LogP contribution >= 0.6 is 0 Å². The fourth-order valence-corrected chi connectivity index (χ4v) is 2.45. The van der Waals surface area contributed by atoms with Gasteiger partial charge in [-0.1, -0.05) is 11.6 Å². The first kappa shape index (κ1) is 11.0. The second kappa shape index (κ2) is 4.29. The van der Waals surface area contributed by atoms with Gasteiger partial charge >= 0.3 is 5.97 Å². The van der Waals surface area contributed by atoms with Gasteiger partial charge in [0.15, 0.2) is 0 Å². The monoisotopic (exact) mass is 248 g/mol. The van der Waals surface area contributed by atoms with Gasteiger partial charge in [-0.05, 0) is 18.9 Å². The van der Waals surface area contributed by atoms with Crippen molar-refractivity contribution >= 4 is 5.97 Å². The summed E-state index contributed by atoms with van der Waals surface area (Å²) in [6.45, 7) is 0. The predicted molar refractivity (Wildman–Crippen MR) is 59.7 cm³/mol. The minimum Gasteiger partial charge on any atom is -0.481 e. The number of rotatable bonds is 3. The number of furan rings is 1. The lowest BCUT2D eigenvalue weighted by Crippen LogP contribution is -2.17. The van der Waals surface area contributed by atoms with Gasteiger partial charge in [0.2, 0.25) is 11.7 Å². The van der Waals surface area contributed by atoms with Crippen LogP contribution < -0.4 is 0 Å². The van der Waals surface area contributed by atoms with E-state index >= 15 is 0 Å². The number of carboxylic acids is 1. The van der Waals surface area contributed by atoms with Crippen molar-refractivity contribution in [2.75, 3.05) is 0 Å². The Labute approximate surface area is 103 Å². The number of carbonyl (C=O) groups is 1. The van der Waals surface area contributed by atoms with E-state index in [0.29, 0.717) is 18.1 Å². The van der Waals surface area contributed by atoms with Crippen molar-refractivity contribution in [2.45, 2.75) is 25.2 Å². The van der Waals surface area contributed by atoms with Gasteiger partial charge in [0.05, 0.1) is 23.7 Å². The van der Waals surface area contributed by atoms with Gasteiger partial charge < -0.3 is 14.0 Å². The number of hydrogen-bond acceptors (Lipinski definition) is 5. The Morgan fingerprint density at radius 1 is 1.44 bits per heavy atom. The first-order valence-electron chi connectivity index (χ1n) is 5.84. The second-order valence-electron chi connectivity index (χ2n) is 4.45. The van der Waals surface area contributed by atoms with E-state index in [-0.39, 0.29) is 5.92 Å². The van der Waals surface area contributed by atoms with Crippen molar-refractivity contribution in [3.8, 4) is 11.4 Å². The van der Waals surface area contributed by atoms with Crippen molar-refractivity contribution in [3.05, 3.63) is 24.5 Å². The number of hydrogen-bond donors (Lipinski definition) is 1. The van der Waals surface area contributed by atoms with E-state index in [0.717, 1.165) is 18.4 Å². The SMILES string of the molecule is O=C(O)C1CCCC1c1nc(-c2ccoc2)no1. The molecule has 6 nitrogen and oxygen atoms in total. The summed E-state index contributed by atoms with van der Waals surface area (Å²) in [7, 11) is 0. The standard InChI is InChI=1S/C12H12N2O4/c15-12(16)9-3-1-2-8(9)11-13-10(14-18-11)7-4-5-17-6-7/h4-6,8-9H,1-3H2,(H,15,16). The third kappa shape index (κ3) is 1.79. The van der Waals surface area contributed by atoms with Crippen molar-refractivity contribution in [1.29, 1.82) is 0 Å². The molecule has 2 unspecified atom stereocenters. The molecule has 1 fully saturated rings. The Kier molecular flexibility index (Phi) is 2.62. The normalized spacial score (nSPS) is 23.3. The highest BCUT2D eigenvalue weighted by Crippen LogP contribution is 2.39. The lowest BCUT2D eigenvalue weighted by Gasteiger charge is -2.09. The minimum absolute atomic E-state index is 0.171. The molecular formula is C12H12N2O4.